The van der Waals surface area contributed by atoms with Gasteiger partial charge >= 0.3 is 0 Å². The molecule has 0 aliphatic carbocycles. The van der Waals surface area contributed by atoms with E-state index >= 15 is 0 Å². The van der Waals surface area contributed by atoms with Crippen molar-refractivity contribution in [3.63, 3.8) is 0 Å². The maximum atomic E-state index is 5.65. The van der Waals surface area contributed by atoms with Gasteiger partial charge in [0.25, 0.3) is 0 Å². The van der Waals surface area contributed by atoms with Gasteiger partial charge in [-0.25, -0.2) is 0 Å². The van der Waals surface area contributed by atoms with Crippen molar-refractivity contribution in [2.45, 2.75) is 52.2 Å². The van der Waals surface area contributed by atoms with Gasteiger partial charge in [-0.1, -0.05) is 26.7 Å². The summed E-state index contributed by atoms with van der Waals surface area (Å²) in [4.78, 5) is 0. The molecular weight excluding hydrogens is 174 g/mol. The Morgan fingerprint density at radius 3 is 2.36 bits per heavy atom. The zero-order valence-electron chi connectivity index (χ0n) is 10.0. The van der Waals surface area contributed by atoms with Gasteiger partial charge in [0.2, 0.25) is 0 Å². The van der Waals surface area contributed by atoms with Gasteiger partial charge in [0.15, 0.2) is 0 Å². The molecular formula is C12H25NO. The minimum absolute atomic E-state index is 0.438. The Bertz CT molecular complexity index is 156. The highest BCUT2D eigenvalue weighted by atomic mass is 16.5. The highest BCUT2D eigenvalue weighted by Crippen LogP contribution is 2.30. The Morgan fingerprint density at radius 1 is 1.36 bits per heavy atom. The maximum Gasteiger partial charge on any atom is 0.0590 e. The molecule has 0 radical (unpaired) electrons. The minimum atomic E-state index is 0.438. The molecule has 1 rings (SSSR count). The molecule has 3 atom stereocenters. The van der Waals surface area contributed by atoms with E-state index in [1.807, 2.05) is 0 Å². The van der Waals surface area contributed by atoms with Gasteiger partial charge in [0, 0.05) is 18.6 Å². The Labute approximate surface area is 88.4 Å². The molecule has 1 aliphatic rings. The molecule has 0 aromatic rings. The molecule has 0 bridgehead atoms. The maximum absolute atomic E-state index is 5.65. The Morgan fingerprint density at radius 2 is 2.00 bits per heavy atom. The van der Waals surface area contributed by atoms with Crippen LogP contribution in [-0.2, 0) is 4.74 Å². The molecule has 2 nitrogen and oxygen atoms in total. The molecule has 1 heterocycles. The van der Waals surface area contributed by atoms with Gasteiger partial charge in [-0.05, 0) is 26.3 Å². The summed E-state index contributed by atoms with van der Waals surface area (Å²) in [7, 11) is 2.09. The highest BCUT2D eigenvalue weighted by Gasteiger charge is 2.34. The average Bonchev–Trinajstić information content (AvgIpc) is 2.61. The van der Waals surface area contributed by atoms with Crippen LogP contribution in [0.4, 0.5) is 0 Å². The SMILES string of the molecule is CCC(CC)C(NC)C1CCOC1C. The van der Waals surface area contributed by atoms with Gasteiger partial charge in [-0.2, -0.15) is 0 Å². The van der Waals surface area contributed by atoms with E-state index < -0.39 is 0 Å². The van der Waals surface area contributed by atoms with Gasteiger partial charge in [0.1, 0.15) is 0 Å². The zero-order valence-corrected chi connectivity index (χ0v) is 10.0. The first-order chi connectivity index (χ1) is 6.74. The topological polar surface area (TPSA) is 21.3 Å². The van der Waals surface area contributed by atoms with E-state index in [0.29, 0.717) is 18.1 Å². The first-order valence-corrected chi connectivity index (χ1v) is 6.03. The van der Waals surface area contributed by atoms with Crippen molar-refractivity contribution in [3.8, 4) is 0 Å². The number of hydrogen-bond acceptors (Lipinski definition) is 2. The Kier molecular flexibility index (Phi) is 4.90. The Balaban J connectivity index is 2.59. The second-order valence-corrected chi connectivity index (χ2v) is 4.42. The molecule has 1 N–H and O–H groups in total. The molecule has 0 aromatic carbocycles. The number of hydrogen-bond donors (Lipinski definition) is 1. The average molecular weight is 199 g/mol. The first kappa shape index (κ1) is 12.0. The van der Waals surface area contributed by atoms with Crippen molar-refractivity contribution in [2.24, 2.45) is 11.8 Å². The van der Waals surface area contributed by atoms with Crippen LogP contribution in [-0.4, -0.2) is 25.8 Å². The van der Waals surface area contributed by atoms with Crippen molar-refractivity contribution in [1.29, 1.82) is 0 Å². The van der Waals surface area contributed by atoms with Crippen LogP contribution in [0.15, 0.2) is 0 Å². The smallest absolute Gasteiger partial charge is 0.0590 e. The normalized spacial score (nSPS) is 29.8. The lowest BCUT2D eigenvalue weighted by Gasteiger charge is -2.31. The number of ether oxygens (including phenoxy) is 1. The van der Waals surface area contributed by atoms with E-state index in [-0.39, 0.29) is 0 Å². The standard InChI is InChI=1S/C12H25NO/c1-5-10(6-2)12(13-4)11-7-8-14-9(11)3/h9-13H,5-8H2,1-4H3. The van der Waals surface area contributed by atoms with Crippen LogP contribution in [0.5, 0.6) is 0 Å². The van der Waals surface area contributed by atoms with Crippen molar-refractivity contribution in [2.75, 3.05) is 13.7 Å². The highest BCUT2D eigenvalue weighted by molar-refractivity contribution is 4.87. The quantitative estimate of drug-likeness (QED) is 0.734. The summed E-state index contributed by atoms with van der Waals surface area (Å²) in [5.41, 5.74) is 0. The fourth-order valence-corrected chi connectivity index (χ4v) is 2.82. The van der Waals surface area contributed by atoms with Crippen LogP contribution < -0.4 is 5.32 Å². The van der Waals surface area contributed by atoms with E-state index in [1.54, 1.807) is 0 Å². The lowest BCUT2D eigenvalue weighted by atomic mass is 9.82. The molecule has 1 aliphatic heterocycles. The number of nitrogens with one attached hydrogen (secondary N) is 1. The summed E-state index contributed by atoms with van der Waals surface area (Å²) in [6.07, 6.45) is 4.20. The predicted molar refractivity (Wildman–Crippen MR) is 60.4 cm³/mol. The lowest BCUT2D eigenvalue weighted by molar-refractivity contribution is 0.0867. The fraction of sp³-hybridized carbons (Fsp3) is 1.00. The van der Waals surface area contributed by atoms with Crippen LogP contribution in [0.25, 0.3) is 0 Å². The van der Waals surface area contributed by atoms with Crippen molar-refractivity contribution >= 4 is 0 Å². The van der Waals surface area contributed by atoms with Crippen LogP contribution in [0.3, 0.4) is 0 Å². The number of rotatable bonds is 5. The zero-order chi connectivity index (χ0) is 10.6. The third kappa shape index (κ3) is 2.48. The first-order valence-electron chi connectivity index (χ1n) is 6.03. The van der Waals surface area contributed by atoms with E-state index in [4.69, 9.17) is 4.74 Å². The second kappa shape index (κ2) is 5.72. The molecule has 84 valence electrons. The molecule has 1 saturated heterocycles. The van der Waals surface area contributed by atoms with Gasteiger partial charge in [-0.3, -0.25) is 0 Å². The van der Waals surface area contributed by atoms with Crippen molar-refractivity contribution < 1.29 is 4.74 Å². The summed E-state index contributed by atoms with van der Waals surface area (Å²) in [6.45, 7) is 7.74. The van der Waals surface area contributed by atoms with Gasteiger partial charge in [-0.15, -0.1) is 0 Å². The van der Waals surface area contributed by atoms with Gasteiger partial charge < -0.3 is 10.1 Å². The second-order valence-electron chi connectivity index (χ2n) is 4.42. The molecule has 1 fully saturated rings. The fourth-order valence-electron chi connectivity index (χ4n) is 2.82. The molecule has 0 aromatic heterocycles. The molecule has 3 unspecified atom stereocenters. The predicted octanol–water partition coefficient (Wildman–Crippen LogP) is 2.44. The monoisotopic (exact) mass is 199 g/mol. The Hall–Kier alpha value is -0.0800. The molecule has 14 heavy (non-hydrogen) atoms. The van der Waals surface area contributed by atoms with E-state index in [2.05, 4.69) is 33.1 Å². The molecule has 0 spiro atoms. The summed E-state index contributed by atoms with van der Waals surface area (Å²) >= 11 is 0. The summed E-state index contributed by atoms with van der Waals surface area (Å²) < 4.78 is 5.65. The van der Waals surface area contributed by atoms with Gasteiger partial charge in [0.05, 0.1) is 6.10 Å². The largest absolute Gasteiger partial charge is 0.378 e. The van der Waals surface area contributed by atoms with Crippen LogP contribution >= 0.6 is 0 Å². The lowest BCUT2D eigenvalue weighted by Crippen LogP contribution is -2.42. The van der Waals surface area contributed by atoms with E-state index in [1.165, 1.54) is 19.3 Å². The van der Waals surface area contributed by atoms with Crippen molar-refractivity contribution in [3.05, 3.63) is 0 Å². The van der Waals surface area contributed by atoms with Crippen LogP contribution in [0.1, 0.15) is 40.0 Å². The molecule has 0 saturated carbocycles. The molecule has 2 heteroatoms. The van der Waals surface area contributed by atoms with Crippen LogP contribution in [0, 0.1) is 11.8 Å². The summed E-state index contributed by atoms with van der Waals surface area (Å²) in [5.74, 6) is 1.51. The molecule has 0 amide bonds. The van der Waals surface area contributed by atoms with Crippen LogP contribution in [0.2, 0.25) is 0 Å². The van der Waals surface area contributed by atoms with E-state index in [9.17, 15) is 0 Å². The third-order valence-electron chi connectivity index (χ3n) is 3.79. The summed E-state index contributed by atoms with van der Waals surface area (Å²) in [5, 5.41) is 3.50. The summed E-state index contributed by atoms with van der Waals surface area (Å²) in [6, 6.07) is 0.641. The van der Waals surface area contributed by atoms with Crippen molar-refractivity contribution in [1.82, 2.24) is 5.32 Å². The minimum Gasteiger partial charge on any atom is -0.378 e. The third-order valence-corrected chi connectivity index (χ3v) is 3.79. The van der Waals surface area contributed by atoms with E-state index in [0.717, 1.165) is 12.5 Å².